The predicted molar refractivity (Wildman–Crippen MR) is 65.8 cm³/mol. The SMILES string of the molecule is COc1ccc(CCl)nc1-c1ccccc1. The first-order valence-corrected chi connectivity index (χ1v) is 5.54. The van der Waals surface area contributed by atoms with Crippen LogP contribution in [0.1, 0.15) is 5.69 Å². The van der Waals surface area contributed by atoms with Crippen molar-refractivity contribution >= 4 is 11.6 Å². The Morgan fingerprint density at radius 3 is 2.50 bits per heavy atom. The first-order chi connectivity index (χ1) is 7.85. The Morgan fingerprint density at radius 1 is 1.12 bits per heavy atom. The summed E-state index contributed by atoms with van der Waals surface area (Å²) in [4.78, 5) is 4.48. The number of ether oxygens (including phenoxy) is 1. The van der Waals surface area contributed by atoms with Crippen molar-refractivity contribution in [2.45, 2.75) is 5.88 Å². The molecule has 82 valence electrons. The topological polar surface area (TPSA) is 22.1 Å². The second-order valence-electron chi connectivity index (χ2n) is 3.35. The van der Waals surface area contributed by atoms with E-state index in [9.17, 15) is 0 Å². The van der Waals surface area contributed by atoms with Crippen LogP contribution < -0.4 is 4.74 Å². The van der Waals surface area contributed by atoms with E-state index >= 15 is 0 Å². The number of aromatic nitrogens is 1. The molecule has 0 bridgehead atoms. The van der Waals surface area contributed by atoms with Crippen LogP contribution in [0.2, 0.25) is 0 Å². The van der Waals surface area contributed by atoms with Crippen LogP contribution in [0.4, 0.5) is 0 Å². The molecule has 3 heteroatoms. The lowest BCUT2D eigenvalue weighted by Gasteiger charge is -2.08. The van der Waals surface area contributed by atoms with Gasteiger partial charge in [-0.15, -0.1) is 11.6 Å². The summed E-state index contributed by atoms with van der Waals surface area (Å²) in [5, 5.41) is 0. The predicted octanol–water partition coefficient (Wildman–Crippen LogP) is 3.50. The van der Waals surface area contributed by atoms with Gasteiger partial charge in [-0.25, -0.2) is 4.98 Å². The summed E-state index contributed by atoms with van der Waals surface area (Å²) in [6, 6.07) is 13.7. The van der Waals surface area contributed by atoms with Crippen molar-refractivity contribution in [1.29, 1.82) is 0 Å². The standard InChI is InChI=1S/C13H12ClNO/c1-16-12-8-7-11(9-14)15-13(12)10-5-3-2-4-6-10/h2-8H,9H2,1H3. The van der Waals surface area contributed by atoms with Crippen LogP contribution in [0.3, 0.4) is 0 Å². The second kappa shape index (κ2) is 4.99. The van der Waals surface area contributed by atoms with Gasteiger partial charge in [0.2, 0.25) is 0 Å². The summed E-state index contributed by atoms with van der Waals surface area (Å²) >= 11 is 5.78. The van der Waals surface area contributed by atoms with E-state index in [1.807, 2.05) is 42.5 Å². The van der Waals surface area contributed by atoms with Gasteiger partial charge < -0.3 is 4.74 Å². The van der Waals surface area contributed by atoms with Crippen molar-refractivity contribution in [3.8, 4) is 17.0 Å². The Morgan fingerprint density at radius 2 is 1.88 bits per heavy atom. The molecular formula is C13H12ClNO. The van der Waals surface area contributed by atoms with Crippen LogP contribution in [0.25, 0.3) is 11.3 Å². The number of benzene rings is 1. The second-order valence-corrected chi connectivity index (χ2v) is 3.62. The average molecular weight is 234 g/mol. The first-order valence-electron chi connectivity index (χ1n) is 5.00. The molecule has 0 fully saturated rings. The van der Waals surface area contributed by atoms with E-state index in [1.165, 1.54) is 0 Å². The zero-order valence-corrected chi connectivity index (χ0v) is 9.74. The van der Waals surface area contributed by atoms with Gasteiger partial charge in [0.25, 0.3) is 0 Å². The number of halogens is 1. The van der Waals surface area contributed by atoms with Gasteiger partial charge in [0.15, 0.2) is 0 Å². The molecule has 16 heavy (non-hydrogen) atoms. The van der Waals surface area contributed by atoms with Gasteiger partial charge in [0.1, 0.15) is 11.4 Å². The average Bonchev–Trinajstić information content (AvgIpc) is 2.39. The third-order valence-electron chi connectivity index (χ3n) is 2.32. The van der Waals surface area contributed by atoms with Crippen LogP contribution in [0.15, 0.2) is 42.5 Å². The Hall–Kier alpha value is -1.54. The highest BCUT2D eigenvalue weighted by Crippen LogP contribution is 2.28. The van der Waals surface area contributed by atoms with Gasteiger partial charge in [-0.3, -0.25) is 0 Å². The summed E-state index contributed by atoms with van der Waals surface area (Å²) in [5.74, 6) is 1.17. The first kappa shape index (κ1) is 11.0. The molecule has 0 saturated heterocycles. The molecule has 0 atom stereocenters. The summed E-state index contributed by atoms with van der Waals surface area (Å²) in [6.45, 7) is 0. The van der Waals surface area contributed by atoms with Gasteiger partial charge in [0.05, 0.1) is 18.7 Å². The van der Waals surface area contributed by atoms with Gasteiger partial charge in [0, 0.05) is 5.56 Å². The molecule has 0 radical (unpaired) electrons. The largest absolute Gasteiger partial charge is 0.494 e. The van der Waals surface area contributed by atoms with E-state index in [1.54, 1.807) is 7.11 Å². The number of rotatable bonds is 3. The minimum atomic E-state index is 0.407. The van der Waals surface area contributed by atoms with Crippen molar-refractivity contribution < 1.29 is 4.74 Å². The third-order valence-corrected chi connectivity index (χ3v) is 2.59. The number of alkyl halides is 1. The lowest BCUT2D eigenvalue weighted by molar-refractivity contribution is 0.414. The van der Waals surface area contributed by atoms with E-state index in [4.69, 9.17) is 16.3 Å². The minimum absolute atomic E-state index is 0.407. The summed E-state index contributed by atoms with van der Waals surface area (Å²) in [6.07, 6.45) is 0. The Bertz CT molecular complexity index is 471. The summed E-state index contributed by atoms with van der Waals surface area (Å²) in [7, 11) is 1.64. The quantitative estimate of drug-likeness (QED) is 0.757. The molecule has 0 spiro atoms. The van der Waals surface area contributed by atoms with E-state index in [0.29, 0.717) is 5.88 Å². The van der Waals surface area contributed by atoms with E-state index in [-0.39, 0.29) is 0 Å². The number of hydrogen-bond donors (Lipinski definition) is 0. The monoisotopic (exact) mass is 233 g/mol. The van der Waals surface area contributed by atoms with Crippen LogP contribution in [0.5, 0.6) is 5.75 Å². The lowest BCUT2D eigenvalue weighted by Crippen LogP contribution is -1.94. The fourth-order valence-corrected chi connectivity index (χ4v) is 1.68. The summed E-state index contributed by atoms with van der Waals surface area (Å²) < 4.78 is 5.29. The van der Waals surface area contributed by atoms with Crippen molar-refractivity contribution in [2.75, 3.05) is 7.11 Å². The van der Waals surface area contributed by atoms with Crippen molar-refractivity contribution in [1.82, 2.24) is 4.98 Å². The maximum Gasteiger partial charge on any atom is 0.145 e. The van der Waals surface area contributed by atoms with Gasteiger partial charge in [-0.1, -0.05) is 30.3 Å². The van der Waals surface area contributed by atoms with Crippen LogP contribution in [-0.4, -0.2) is 12.1 Å². The fraction of sp³-hybridized carbons (Fsp3) is 0.154. The smallest absolute Gasteiger partial charge is 0.145 e. The van der Waals surface area contributed by atoms with Crippen LogP contribution >= 0.6 is 11.6 Å². The molecule has 2 nitrogen and oxygen atoms in total. The molecule has 0 aliphatic rings. The molecule has 0 aliphatic heterocycles. The van der Waals surface area contributed by atoms with E-state index in [2.05, 4.69) is 4.98 Å². The molecule has 2 aromatic rings. The van der Waals surface area contributed by atoms with Crippen LogP contribution in [0, 0.1) is 0 Å². The van der Waals surface area contributed by atoms with Gasteiger partial charge in [-0.05, 0) is 12.1 Å². The molecular weight excluding hydrogens is 222 g/mol. The Kier molecular flexibility index (Phi) is 3.42. The number of hydrogen-bond acceptors (Lipinski definition) is 2. The number of nitrogens with zero attached hydrogens (tertiary/aromatic N) is 1. The fourth-order valence-electron chi connectivity index (χ4n) is 1.53. The van der Waals surface area contributed by atoms with Crippen LogP contribution in [-0.2, 0) is 5.88 Å². The highest BCUT2D eigenvalue weighted by atomic mass is 35.5. The van der Waals surface area contributed by atoms with E-state index < -0.39 is 0 Å². The van der Waals surface area contributed by atoms with Gasteiger partial charge >= 0.3 is 0 Å². The van der Waals surface area contributed by atoms with Crippen molar-refractivity contribution in [3.63, 3.8) is 0 Å². The molecule has 0 saturated carbocycles. The molecule has 1 aromatic heterocycles. The Balaban J connectivity index is 2.53. The maximum absolute atomic E-state index is 5.78. The molecule has 0 aliphatic carbocycles. The molecule has 0 amide bonds. The van der Waals surface area contributed by atoms with E-state index in [0.717, 1.165) is 22.7 Å². The maximum atomic E-state index is 5.78. The molecule has 0 unspecified atom stereocenters. The molecule has 1 heterocycles. The molecule has 0 N–H and O–H groups in total. The number of methoxy groups -OCH3 is 1. The number of pyridine rings is 1. The molecule has 1 aromatic carbocycles. The Labute approximate surface area is 99.9 Å². The lowest BCUT2D eigenvalue weighted by atomic mass is 10.1. The minimum Gasteiger partial charge on any atom is -0.494 e. The van der Waals surface area contributed by atoms with Gasteiger partial charge in [-0.2, -0.15) is 0 Å². The highest BCUT2D eigenvalue weighted by molar-refractivity contribution is 6.16. The normalized spacial score (nSPS) is 10.1. The summed E-state index contributed by atoms with van der Waals surface area (Å²) in [5.41, 5.74) is 2.72. The molecule has 2 rings (SSSR count). The van der Waals surface area contributed by atoms with Crippen molar-refractivity contribution in [3.05, 3.63) is 48.2 Å². The third kappa shape index (κ3) is 2.17. The zero-order chi connectivity index (χ0) is 11.4. The zero-order valence-electron chi connectivity index (χ0n) is 8.98. The van der Waals surface area contributed by atoms with Crippen molar-refractivity contribution in [2.24, 2.45) is 0 Å². The highest BCUT2D eigenvalue weighted by Gasteiger charge is 2.07.